The second kappa shape index (κ2) is 9.97. The van der Waals surface area contributed by atoms with Gasteiger partial charge in [0.25, 0.3) is 21.7 Å². The van der Waals surface area contributed by atoms with Gasteiger partial charge in [0, 0.05) is 18.4 Å². The summed E-state index contributed by atoms with van der Waals surface area (Å²) in [5.74, 6) is -0.985. The third-order valence-corrected chi connectivity index (χ3v) is 7.92. The maximum Gasteiger partial charge on any atom is 0.271 e. The molecule has 0 aromatic carbocycles. The highest BCUT2D eigenvalue weighted by molar-refractivity contribution is 5.98. The minimum atomic E-state index is -1.09. The Kier molecular flexibility index (Phi) is 6.21. The van der Waals surface area contributed by atoms with Crippen LogP contribution in [0, 0.1) is 0 Å². The SMILES string of the molecule is O=C1CCCCCCc2oc3c(=O)c4oc5c(=O)c6oc1c1c(=O)c6oc5c(=O)c4oc3c(=O)c2CCCCCCO1. The lowest BCUT2D eigenvalue weighted by Crippen LogP contribution is -2.21. The van der Waals surface area contributed by atoms with E-state index in [2.05, 4.69) is 0 Å². The van der Waals surface area contributed by atoms with Gasteiger partial charge in [0.05, 0.1) is 6.61 Å². The molecule has 12 bridgehead atoms. The van der Waals surface area contributed by atoms with Gasteiger partial charge < -0.3 is 26.8 Å². The van der Waals surface area contributed by atoms with Crippen molar-refractivity contribution in [2.24, 2.45) is 0 Å². The third-order valence-electron chi connectivity index (χ3n) is 7.92. The monoisotopic (exact) mass is 576 g/mol. The van der Waals surface area contributed by atoms with Crippen molar-refractivity contribution in [3.05, 3.63) is 68.2 Å². The van der Waals surface area contributed by atoms with Crippen molar-refractivity contribution < 1.29 is 31.6 Å². The van der Waals surface area contributed by atoms with E-state index in [0.717, 1.165) is 0 Å². The Bertz CT molecular complexity index is 2260. The van der Waals surface area contributed by atoms with Crippen LogP contribution in [0.4, 0.5) is 0 Å². The maximum atomic E-state index is 13.7. The zero-order chi connectivity index (χ0) is 29.1. The Balaban J connectivity index is 1.69. The molecule has 216 valence electrons. The number of fused-ring (bicyclic) bond motifs is 12. The van der Waals surface area contributed by atoms with Crippen LogP contribution in [0.5, 0.6) is 5.75 Å². The molecule has 0 radical (unpaired) electrons. The molecule has 0 fully saturated rings. The van der Waals surface area contributed by atoms with Crippen LogP contribution in [-0.4, -0.2) is 12.4 Å². The summed E-state index contributed by atoms with van der Waals surface area (Å²) in [5.41, 5.74) is -9.22. The van der Waals surface area contributed by atoms with Gasteiger partial charge in [-0.05, 0) is 32.1 Å². The minimum absolute atomic E-state index is 0.0251. The van der Waals surface area contributed by atoms with Crippen LogP contribution < -0.4 is 31.9 Å². The number of Topliss-reactive ketones (excluding diaryl/α,β-unsaturated/α-hetero) is 1. The van der Waals surface area contributed by atoms with Crippen LogP contribution >= 0.6 is 0 Å². The summed E-state index contributed by atoms with van der Waals surface area (Å²) in [6.07, 6.45) is 5.70. The van der Waals surface area contributed by atoms with Gasteiger partial charge in [-0.2, -0.15) is 0 Å². The summed E-state index contributed by atoms with van der Waals surface area (Å²) < 4.78 is 34.3. The normalized spacial score (nSPS) is 16.6. The second-order valence-corrected chi connectivity index (χ2v) is 10.7. The molecule has 3 aliphatic rings. The van der Waals surface area contributed by atoms with Crippen molar-refractivity contribution in [1.82, 2.24) is 0 Å². The van der Waals surface area contributed by atoms with Gasteiger partial charge in [0.15, 0.2) is 0 Å². The Morgan fingerprint density at radius 2 is 0.881 bits per heavy atom. The molecule has 8 heterocycles. The number of rotatable bonds is 0. The van der Waals surface area contributed by atoms with E-state index in [4.69, 9.17) is 26.8 Å². The van der Waals surface area contributed by atoms with Crippen LogP contribution in [0.1, 0.15) is 79.7 Å². The molecule has 0 spiro atoms. The fourth-order valence-corrected chi connectivity index (χ4v) is 5.72. The van der Waals surface area contributed by atoms with Gasteiger partial charge in [-0.1, -0.05) is 25.7 Å². The van der Waals surface area contributed by atoms with E-state index < -0.39 is 89.1 Å². The molecule has 5 aromatic heterocycles. The lowest BCUT2D eigenvalue weighted by atomic mass is 10.0. The molecule has 0 aliphatic carbocycles. The molecular formula is C30H24O12. The van der Waals surface area contributed by atoms with Gasteiger partial charge in [0.1, 0.15) is 5.76 Å². The van der Waals surface area contributed by atoms with Gasteiger partial charge in [-0.3, -0.25) is 28.8 Å². The largest absolute Gasteiger partial charge is 0.486 e. The molecule has 0 unspecified atom stereocenters. The summed E-state index contributed by atoms with van der Waals surface area (Å²) in [6.45, 7) is 0.0756. The summed E-state index contributed by atoms with van der Waals surface area (Å²) in [6, 6.07) is 0. The number of hydrogen-bond acceptors (Lipinski definition) is 12. The predicted octanol–water partition coefficient (Wildman–Crippen LogP) is 4.25. The van der Waals surface area contributed by atoms with E-state index in [1.54, 1.807) is 0 Å². The van der Waals surface area contributed by atoms with Crippen molar-refractivity contribution >= 4 is 50.4 Å². The van der Waals surface area contributed by atoms with Crippen molar-refractivity contribution in [2.75, 3.05) is 6.61 Å². The van der Waals surface area contributed by atoms with Crippen LogP contribution in [0.3, 0.4) is 0 Å². The molecule has 12 heteroatoms. The van der Waals surface area contributed by atoms with E-state index in [1.807, 2.05) is 0 Å². The number of carbonyl (C=O) groups is 1. The second-order valence-electron chi connectivity index (χ2n) is 10.7. The standard InChI is InChI=1S/C30H24O12/c31-14-10-6-1-2-7-11-15-13-9-5-3-4-8-12-37-22-17(33)25-26(39-21(14)22)19(35)29-30(41-25)20(36)28-27(42-29)18(34)24(38-15)23(40-28)16(13)32/h1-12H2. The smallest absolute Gasteiger partial charge is 0.271 e. The fraction of sp³-hybridized carbons (Fsp3) is 0.400. The first kappa shape index (κ1) is 26.2. The highest BCUT2D eigenvalue weighted by Gasteiger charge is 2.29. The number of aryl methyl sites for hydroxylation is 1. The van der Waals surface area contributed by atoms with Crippen molar-refractivity contribution in [1.29, 1.82) is 0 Å². The summed E-state index contributed by atoms with van der Waals surface area (Å²) in [4.78, 5) is 81.2. The molecule has 5 aromatic rings. The van der Waals surface area contributed by atoms with Crippen LogP contribution in [0.15, 0.2) is 46.1 Å². The van der Waals surface area contributed by atoms with Gasteiger partial charge in [-0.15, -0.1) is 0 Å². The Morgan fingerprint density at radius 1 is 0.405 bits per heavy atom. The number of ether oxygens (including phenoxy) is 1. The fourth-order valence-electron chi connectivity index (χ4n) is 5.72. The summed E-state index contributed by atoms with van der Waals surface area (Å²) >= 11 is 0. The number of hydrogen-bond donors (Lipinski definition) is 0. The number of carbonyl (C=O) groups excluding carboxylic acids is 1. The zero-order valence-corrected chi connectivity index (χ0v) is 22.4. The molecule has 0 N–H and O–H groups in total. The predicted molar refractivity (Wildman–Crippen MR) is 148 cm³/mol. The quantitative estimate of drug-likeness (QED) is 0.240. The highest BCUT2D eigenvalue weighted by atomic mass is 16.5. The molecule has 0 amide bonds. The van der Waals surface area contributed by atoms with Crippen LogP contribution in [-0.2, 0) is 12.8 Å². The average molecular weight is 577 g/mol. The Hall–Kier alpha value is -4.74. The molecule has 12 nitrogen and oxygen atoms in total. The first-order valence-electron chi connectivity index (χ1n) is 14.1. The van der Waals surface area contributed by atoms with Gasteiger partial charge in [0.2, 0.25) is 67.4 Å². The molecule has 42 heavy (non-hydrogen) atoms. The molecule has 0 saturated carbocycles. The summed E-state index contributed by atoms with van der Waals surface area (Å²) in [7, 11) is 0. The topological polar surface area (TPSA) is 177 Å². The average Bonchev–Trinajstić information content (AvgIpc) is 2.97. The van der Waals surface area contributed by atoms with Crippen molar-refractivity contribution in [2.45, 2.75) is 70.6 Å². The number of ketones is 1. The molecule has 0 saturated heterocycles. The van der Waals surface area contributed by atoms with Crippen LogP contribution in [0.25, 0.3) is 44.7 Å². The van der Waals surface area contributed by atoms with Crippen molar-refractivity contribution in [3.8, 4) is 5.75 Å². The van der Waals surface area contributed by atoms with E-state index in [1.165, 1.54) is 0 Å². The first-order chi connectivity index (χ1) is 20.3. The molecule has 0 atom stereocenters. The first-order valence-corrected chi connectivity index (χ1v) is 14.1. The lowest BCUT2D eigenvalue weighted by molar-refractivity contribution is 0.0945. The van der Waals surface area contributed by atoms with Gasteiger partial charge >= 0.3 is 0 Å². The maximum absolute atomic E-state index is 13.7. The van der Waals surface area contributed by atoms with E-state index in [9.17, 15) is 28.8 Å². The zero-order valence-electron chi connectivity index (χ0n) is 22.4. The summed E-state index contributed by atoms with van der Waals surface area (Å²) in [5, 5.41) is 0. The van der Waals surface area contributed by atoms with E-state index in [0.29, 0.717) is 75.5 Å². The van der Waals surface area contributed by atoms with Crippen LogP contribution in [0.2, 0.25) is 0 Å². The van der Waals surface area contributed by atoms with Crippen molar-refractivity contribution in [3.63, 3.8) is 0 Å². The molecular weight excluding hydrogens is 552 g/mol. The third kappa shape index (κ3) is 3.96. The van der Waals surface area contributed by atoms with Gasteiger partial charge in [-0.25, -0.2) is 0 Å². The Morgan fingerprint density at radius 3 is 1.52 bits per heavy atom. The lowest BCUT2D eigenvalue weighted by Gasteiger charge is -2.13. The molecule has 3 aliphatic heterocycles. The van der Waals surface area contributed by atoms with E-state index >= 15 is 0 Å². The minimum Gasteiger partial charge on any atom is -0.486 e. The Labute approximate surface area is 233 Å². The highest BCUT2D eigenvalue weighted by Crippen LogP contribution is 2.27. The van der Waals surface area contributed by atoms with E-state index in [-0.39, 0.29) is 13.0 Å². The molecule has 8 rings (SSSR count).